The molecule has 0 aromatic rings. The fourth-order valence-electron chi connectivity index (χ4n) is 3.62. The molecule has 0 saturated heterocycles. The van der Waals surface area contributed by atoms with Gasteiger partial charge in [0, 0.05) is 0 Å². The zero-order valence-electron chi connectivity index (χ0n) is 20.1. The summed E-state index contributed by atoms with van der Waals surface area (Å²) in [6.45, 7) is 2.29. The molecule has 0 amide bonds. The first-order valence-electron chi connectivity index (χ1n) is 11.9. The molecule has 0 aliphatic rings. The van der Waals surface area contributed by atoms with Crippen LogP contribution >= 0.6 is 7.60 Å². The highest BCUT2D eigenvalue weighted by Gasteiger charge is 2.48. The molecule has 0 heterocycles. The Morgan fingerprint density at radius 2 is 1.13 bits per heavy atom. The van der Waals surface area contributed by atoms with Crippen LogP contribution in [0.15, 0.2) is 24.3 Å². The van der Waals surface area contributed by atoms with Gasteiger partial charge in [0.2, 0.25) is 5.34 Å². The van der Waals surface area contributed by atoms with E-state index < -0.39 is 12.9 Å². The highest BCUT2D eigenvalue weighted by atomic mass is 31.2. The molecule has 0 spiro atoms. The minimum absolute atomic E-state index is 0.0360. The number of allylic oxidation sites excluding steroid dienone is 4. The van der Waals surface area contributed by atoms with Crippen LogP contribution in [0.25, 0.3) is 0 Å². The smallest absolute Gasteiger partial charge is 0.362 e. The zero-order chi connectivity index (χ0) is 22.9. The van der Waals surface area contributed by atoms with E-state index in [1.54, 1.807) is 0 Å². The van der Waals surface area contributed by atoms with Gasteiger partial charge in [-0.2, -0.15) is 0 Å². The molecule has 1 atom stereocenters. The largest absolute Gasteiger partial charge is 0.373 e. The molecule has 5 nitrogen and oxygen atoms in total. The number of nitrogens with zero attached hydrogens (tertiary/aromatic N) is 1. The van der Waals surface area contributed by atoms with E-state index in [-0.39, 0.29) is 13.0 Å². The Bertz CT molecular complexity index is 522. The van der Waals surface area contributed by atoms with E-state index in [4.69, 9.17) is 0 Å². The monoisotopic (exact) mass is 446 g/mol. The van der Waals surface area contributed by atoms with E-state index in [2.05, 4.69) is 31.2 Å². The van der Waals surface area contributed by atoms with Crippen molar-refractivity contribution >= 4 is 7.60 Å². The number of quaternary nitrogens is 1. The molecule has 0 aliphatic carbocycles. The fourth-order valence-corrected chi connectivity index (χ4v) is 4.68. The molecule has 0 rings (SSSR count). The van der Waals surface area contributed by atoms with Crippen LogP contribution in [0.4, 0.5) is 0 Å². The lowest BCUT2D eigenvalue weighted by molar-refractivity contribution is -0.875. The molecule has 0 aromatic heterocycles. The molecule has 0 aromatic carbocycles. The summed E-state index contributed by atoms with van der Waals surface area (Å²) >= 11 is 0. The Morgan fingerprint density at radius 3 is 1.53 bits per heavy atom. The van der Waals surface area contributed by atoms with Crippen molar-refractivity contribution in [2.45, 2.75) is 102 Å². The number of hydrogen-bond donors (Lipinski definition) is 3. The molecular formula is C24H49NO4P+. The van der Waals surface area contributed by atoms with Gasteiger partial charge in [0.25, 0.3) is 0 Å². The Labute approximate surface area is 186 Å². The lowest BCUT2D eigenvalue weighted by Crippen LogP contribution is -2.49. The predicted molar refractivity (Wildman–Crippen MR) is 128 cm³/mol. The van der Waals surface area contributed by atoms with Crippen LogP contribution in [0.2, 0.25) is 0 Å². The van der Waals surface area contributed by atoms with E-state index >= 15 is 0 Å². The van der Waals surface area contributed by atoms with Crippen LogP contribution in [0.3, 0.4) is 0 Å². The van der Waals surface area contributed by atoms with Crippen molar-refractivity contribution in [1.82, 2.24) is 0 Å². The Kier molecular flexibility index (Phi) is 16.0. The van der Waals surface area contributed by atoms with Crippen LogP contribution in [-0.4, -0.2) is 52.4 Å². The second-order valence-electron chi connectivity index (χ2n) is 9.65. The number of hydrogen-bond acceptors (Lipinski definition) is 2. The molecule has 0 bridgehead atoms. The topological polar surface area (TPSA) is 77.8 Å². The summed E-state index contributed by atoms with van der Waals surface area (Å²) in [6.07, 6.45) is 24.1. The zero-order valence-corrected chi connectivity index (χ0v) is 21.0. The lowest BCUT2D eigenvalue weighted by Gasteiger charge is -2.35. The average Bonchev–Trinajstić information content (AvgIpc) is 2.62. The minimum Gasteiger partial charge on any atom is -0.373 e. The van der Waals surface area contributed by atoms with Gasteiger partial charge >= 0.3 is 7.60 Å². The summed E-state index contributed by atoms with van der Waals surface area (Å²) in [5.41, 5.74) is 0. The maximum atomic E-state index is 11.7. The molecule has 0 radical (unpaired) electrons. The van der Waals surface area contributed by atoms with Gasteiger partial charge in [0.1, 0.15) is 6.54 Å². The van der Waals surface area contributed by atoms with Gasteiger partial charge < -0.3 is 19.4 Å². The van der Waals surface area contributed by atoms with E-state index in [0.29, 0.717) is 10.9 Å². The van der Waals surface area contributed by atoms with E-state index in [1.807, 2.05) is 21.1 Å². The Balaban J connectivity index is 3.79. The molecule has 0 aliphatic heterocycles. The first-order valence-corrected chi connectivity index (χ1v) is 13.5. The summed E-state index contributed by atoms with van der Waals surface area (Å²) < 4.78 is 12.1. The van der Waals surface area contributed by atoms with Crippen LogP contribution in [0.5, 0.6) is 0 Å². The number of rotatable bonds is 19. The van der Waals surface area contributed by atoms with Crippen molar-refractivity contribution in [3.05, 3.63) is 24.3 Å². The molecule has 3 N–H and O–H groups in total. The summed E-state index contributed by atoms with van der Waals surface area (Å²) in [5, 5.41) is 8.56. The second-order valence-corrected chi connectivity index (χ2v) is 11.6. The van der Waals surface area contributed by atoms with Gasteiger partial charge in [-0.15, -0.1) is 0 Å². The number of aliphatic hydroxyl groups is 1. The average molecular weight is 447 g/mol. The third-order valence-electron chi connectivity index (χ3n) is 5.27. The van der Waals surface area contributed by atoms with E-state index in [9.17, 15) is 19.5 Å². The third-order valence-corrected chi connectivity index (χ3v) is 6.72. The van der Waals surface area contributed by atoms with Crippen LogP contribution < -0.4 is 0 Å². The highest BCUT2D eigenvalue weighted by molar-refractivity contribution is 7.53. The molecule has 1 unspecified atom stereocenters. The van der Waals surface area contributed by atoms with Crippen molar-refractivity contribution in [3.63, 3.8) is 0 Å². The standard InChI is InChI=1S/C24H48NO4P/c1-5-6-7-8-9-10-11-12-13-14-15-16-17-18-19-20-21-22-24(26,30(27,28)29)23-25(2,3)4/h11-12,18-19,26H,5-10,13-17,20-23H2,1-4H3,(H-,27,28,29)/p+1/b12-11-,19-18-. The van der Waals surface area contributed by atoms with Gasteiger partial charge in [-0.1, -0.05) is 63.3 Å². The van der Waals surface area contributed by atoms with Crippen molar-refractivity contribution in [2.24, 2.45) is 0 Å². The fraction of sp³-hybridized carbons (Fsp3) is 0.833. The molecule has 0 saturated carbocycles. The number of unbranched alkanes of at least 4 members (excludes halogenated alkanes) is 10. The molecular weight excluding hydrogens is 397 g/mol. The number of likely N-dealkylation sites (N-methyl/N-ethyl adjacent to an activating group) is 1. The van der Waals surface area contributed by atoms with Gasteiger partial charge in [-0.05, 0) is 57.8 Å². The molecule has 6 heteroatoms. The van der Waals surface area contributed by atoms with Crippen LogP contribution in [-0.2, 0) is 4.57 Å². The van der Waals surface area contributed by atoms with Gasteiger partial charge in [-0.3, -0.25) is 4.57 Å². The maximum absolute atomic E-state index is 11.7. The summed E-state index contributed by atoms with van der Waals surface area (Å²) in [5.74, 6) is 0. The van der Waals surface area contributed by atoms with Crippen molar-refractivity contribution in [2.75, 3.05) is 27.7 Å². The predicted octanol–water partition coefficient (Wildman–Crippen LogP) is 6.15. The molecule has 30 heavy (non-hydrogen) atoms. The van der Waals surface area contributed by atoms with Crippen LogP contribution in [0, 0.1) is 0 Å². The second kappa shape index (κ2) is 16.2. The van der Waals surface area contributed by atoms with Gasteiger partial charge in [0.15, 0.2) is 0 Å². The first-order chi connectivity index (χ1) is 14.0. The van der Waals surface area contributed by atoms with Crippen molar-refractivity contribution < 1.29 is 23.9 Å². The summed E-state index contributed by atoms with van der Waals surface area (Å²) in [4.78, 5) is 19.1. The van der Waals surface area contributed by atoms with Crippen molar-refractivity contribution in [3.8, 4) is 0 Å². The highest BCUT2D eigenvalue weighted by Crippen LogP contribution is 2.52. The van der Waals surface area contributed by atoms with E-state index in [1.165, 1.54) is 64.2 Å². The Hall–Kier alpha value is -0.450. The summed E-state index contributed by atoms with van der Waals surface area (Å²) in [6, 6.07) is 0. The molecule has 178 valence electrons. The maximum Gasteiger partial charge on any atom is 0.362 e. The van der Waals surface area contributed by atoms with Crippen LogP contribution in [0.1, 0.15) is 96.8 Å². The van der Waals surface area contributed by atoms with Crippen molar-refractivity contribution in [1.29, 1.82) is 0 Å². The first kappa shape index (κ1) is 29.5. The lowest BCUT2D eigenvalue weighted by atomic mass is 10.1. The Morgan fingerprint density at radius 1 is 0.733 bits per heavy atom. The molecule has 0 fully saturated rings. The van der Waals surface area contributed by atoms with E-state index in [0.717, 1.165) is 12.8 Å². The van der Waals surface area contributed by atoms with Gasteiger partial charge in [0.05, 0.1) is 21.1 Å². The SMILES string of the molecule is CCCCCCC/C=C\CCCCC/C=C\CCCC(O)(C[N+](C)(C)C)P(=O)(O)O. The normalized spacial score (nSPS) is 15.3. The third kappa shape index (κ3) is 16.3. The quantitative estimate of drug-likeness (QED) is 0.0962. The minimum atomic E-state index is -4.57. The van der Waals surface area contributed by atoms with Gasteiger partial charge in [-0.25, -0.2) is 0 Å². The summed E-state index contributed by atoms with van der Waals surface area (Å²) in [7, 11) is 0.908.